The molecule has 2 aliphatic carbocycles. The van der Waals surface area contributed by atoms with E-state index in [4.69, 9.17) is 0 Å². The molecule has 1 aromatic carbocycles. The molecule has 3 heteroatoms. The van der Waals surface area contributed by atoms with Crippen molar-refractivity contribution in [2.75, 3.05) is 6.54 Å². The summed E-state index contributed by atoms with van der Waals surface area (Å²) in [5.41, 5.74) is 4.29. The van der Waals surface area contributed by atoms with Gasteiger partial charge in [0.25, 0.3) is 0 Å². The number of rotatable bonds is 5. The number of aryl methyl sites for hydroxylation is 2. The number of hydrogen-bond donors (Lipinski definition) is 2. The Morgan fingerprint density at radius 3 is 2.89 bits per heavy atom. The second-order valence-corrected chi connectivity index (χ2v) is 5.83. The maximum absolute atomic E-state index is 11.6. The summed E-state index contributed by atoms with van der Waals surface area (Å²) in [7, 11) is 0. The van der Waals surface area contributed by atoms with E-state index in [1.54, 1.807) is 0 Å². The third-order valence-corrected chi connectivity index (χ3v) is 4.13. The van der Waals surface area contributed by atoms with Gasteiger partial charge in [0.1, 0.15) is 0 Å². The predicted octanol–water partition coefficient (Wildman–Crippen LogP) is 2.10. The van der Waals surface area contributed by atoms with Crippen molar-refractivity contribution in [2.24, 2.45) is 0 Å². The number of hydrogen-bond acceptors (Lipinski definition) is 2. The van der Waals surface area contributed by atoms with E-state index in [2.05, 4.69) is 35.8 Å². The lowest BCUT2D eigenvalue weighted by molar-refractivity contribution is -0.120. The number of fused-ring (bicyclic) bond motifs is 1. The molecular formula is C16H22N2O. The maximum atomic E-state index is 11.6. The molecule has 1 fully saturated rings. The van der Waals surface area contributed by atoms with E-state index in [-0.39, 0.29) is 11.9 Å². The number of carbonyl (C=O) groups excluding carboxylic acids is 1. The Morgan fingerprint density at radius 1 is 1.32 bits per heavy atom. The number of carbonyl (C=O) groups is 1. The molecule has 1 unspecified atom stereocenters. The van der Waals surface area contributed by atoms with Crippen LogP contribution in [0.4, 0.5) is 0 Å². The van der Waals surface area contributed by atoms with Crippen LogP contribution in [-0.4, -0.2) is 18.5 Å². The van der Waals surface area contributed by atoms with Crippen LogP contribution in [0.2, 0.25) is 0 Å². The van der Waals surface area contributed by atoms with Crippen LogP contribution in [0.15, 0.2) is 18.2 Å². The highest BCUT2D eigenvalue weighted by Gasteiger charge is 2.23. The van der Waals surface area contributed by atoms with E-state index in [0.717, 1.165) is 12.8 Å². The zero-order valence-corrected chi connectivity index (χ0v) is 11.5. The third kappa shape index (κ3) is 3.16. The molecule has 0 saturated heterocycles. The van der Waals surface area contributed by atoms with E-state index in [0.29, 0.717) is 12.6 Å². The molecule has 0 spiro atoms. The first kappa shape index (κ1) is 12.7. The molecule has 3 rings (SSSR count). The topological polar surface area (TPSA) is 41.1 Å². The Labute approximate surface area is 114 Å². The van der Waals surface area contributed by atoms with Crippen molar-refractivity contribution in [3.8, 4) is 0 Å². The van der Waals surface area contributed by atoms with Gasteiger partial charge in [0.15, 0.2) is 0 Å². The average Bonchev–Trinajstić information content (AvgIpc) is 3.09. The fourth-order valence-corrected chi connectivity index (χ4v) is 2.73. The van der Waals surface area contributed by atoms with Gasteiger partial charge in [-0.3, -0.25) is 4.79 Å². The minimum Gasteiger partial charge on any atom is -0.352 e. The molecular weight excluding hydrogens is 236 g/mol. The normalized spacial score (nSPS) is 19.0. The van der Waals surface area contributed by atoms with E-state index in [1.807, 2.05) is 0 Å². The van der Waals surface area contributed by atoms with Gasteiger partial charge in [0.05, 0.1) is 6.54 Å². The Balaban J connectivity index is 1.54. The molecule has 0 aromatic heterocycles. The van der Waals surface area contributed by atoms with Crippen LogP contribution in [0.5, 0.6) is 0 Å². The van der Waals surface area contributed by atoms with Crippen LogP contribution in [-0.2, 0) is 17.6 Å². The summed E-state index contributed by atoms with van der Waals surface area (Å²) in [5.74, 6) is 0.121. The van der Waals surface area contributed by atoms with Gasteiger partial charge < -0.3 is 10.6 Å². The van der Waals surface area contributed by atoms with Crippen molar-refractivity contribution >= 4 is 5.91 Å². The lowest BCUT2D eigenvalue weighted by atomic mass is 10.0. The van der Waals surface area contributed by atoms with E-state index < -0.39 is 0 Å². The van der Waals surface area contributed by atoms with Crippen molar-refractivity contribution in [3.63, 3.8) is 0 Å². The van der Waals surface area contributed by atoms with E-state index in [9.17, 15) is 4.79 Å². The monoisotopic (exact) mass is 258 g/mol. The minimum absolute atomic E-state index is 0.121. The molecule has 0 heterocycles. The summed E-state index contributed by atoms with van der Waals surface area (Å²) in [6, 6.07) is 7.43. The summed E-state index contributed by atoms with van der Waals surface area (Å²) in [5, 5.41) is 6.31. The number of nitrogens with one attached hydrogen (secondary N) is 2. The van der Waals surface area contributed by atoms with Gasteiger partial charge in [-0.25, -0.2) is 0 Å². The minimum atomic E-state index is 0.121. The fourth-order valence-electron chi connectivity index (χ4n) is 2.73. The van der Waals surface area contributed by atoms with E-state index in [1.165, 1.54) is 36.0 Å². The average molecular weight is 258 g/mol. The van der Waals surface area contributed by atoms with Gasteiger partial charge in [0.2, 0.25) is 5.91 Å². The van der Waals surface area contributed by atoms with E-state index >= 15 is 0 Å². The third-order valence-electron chi connectivity index (χ3n) is 4.13. The second-order valence-electron chi connectivity index (χ2n) is 5.83. The Kier molecular flexibility index (Phi) is 3.56. The predicted molar refractivity (Wildman–Crippen MR) is 76.0 cm³/mol. The summed E-state index contributed by atoms with van der Waals surface area (Å²) < 4.78 is 0. The standard InChI is InChI=1S/C16H22N2O/c1-11(17-10-16(19)18-15-7-8-15)13-6-5-12-3-2-4-14(12)9-13/h5-6,9,11,15,17H,2-4,7-8,10H2,1H3,(H,18,19). The van der Waals surface area contributed by atoms with Gasteiger partial charge in [-0.2, -0.15) is 0 Å². The maximum Gasteiger partial charge on any atom is 0.234 e. The summed E-state index contributed by atoms with van der Waals surface area (Å²) in [4.78, 5) is 11.6. The molecule has 1 atom stereocenters. The van der Waals surface area contributed by atoms with Gasteiger partial charge >= 0.3 is 0 Å². The molecule has 3 nitrogen and oxygen atoms in total. The van der Waals surface area contributed by atoms with Crippen molar-refractivity contribution in [1.82, 2.24) is 10.6 Å². The number of benzene rings is 1. The first-order chi connectivity index (χ1) is 9.22. The highest BCUT2D eigenvalue weighted by molar-refractivity contribution is 5.78. The second kappa shape index (κ2) is 5.33. The largest absolute Gasteiger partial charge is 0.352 e. The highest BCUT2D eigenvalue weighted by Crippen LogP contribution is 2.25. The van der Waals surface area contributed by atoms with Crippen LogP contribution in [0.1, 0.15) is 48.9 Å². The lowest BCUT2D eigenvalue weighted by Crippen LogP contribution is -2.36. The van der Waals surface area contributed by atoms with Gasteiger partial charge in [-0.15, -0.1) is 0 Å². The Hall–Kier alpha value is -1.35. The highest BCUT2D eigenvalue weighted by atomic mass is 16.2. The summed E-state index contributed by atoms with van der Waals surface area (Å²) in [6.07, 6.45) is 6.00. The molecule has 0 aliphatic heterocycles. The lowest BCUT2D eigenvalue weighted by Gasteiger charge is -2.15. The van der Waals surface area contributed by atoms with Gasteiger partial charge in [-0.1, -0.05) is 18.2 Å². The van der Waals surface area contributed by atoms with Crippen LogP contribution >= 0.6 is 0 Å². The quantitative estimate of drug-likeness (QED) is 0.849. The molecule has 0 bridgehead atoms. The first-order valence-corrected chi connectivity index (χ1v) is 7.37. The molecule has 2 N–H and O–H groups in total. The van der Waals surface area contributed by atoms with Crippen LogP contribution in [0.25, 0.3) is 0 Å². The summed E-state index contributed by atoms with van der Waals surface area (Å²) in [6.45, 7) is 2.54. The zero-order chi connectivity index (χ0) is 13.2. The van der Waals surface area contributed by atoms with Gasteiger partial charge in [0, 0.05) is 12.1 Å². The smallest absolute Gasteiger partial charge is 0.234 e. The van der Waals surface area contributed by atoms with Crippen molar-refractivity contribution < 1.29 is 4.79 Å². The summed E-state index contributed by atoms with van der Waals surface area (Å²) >= 11 is 0. The fraction of sp³-hybridized carbons (Fsp3) is 0.562. The van der Waals surface area contributed by atoms with Crippen LogP contribution in [0, 0.1) is 0 Å². The van der Waals surface area contributed by atoms with Crippen molar-refractivity contribution in [3.05, 3.63) is 34.9 Å². The van der Waals surface area contributed by atoms with Gasteiger partial charge in [-0.05, 0) is 55.7 Å². The molecule has 1 saturated carbocycles. The van der Waals surface area contributed by atoms with Crippen LogP contribution in [0.3, 0.4) is 0 Å². The van der Waals surface area contributed by atoms with Crippen LogP contribution < -0.4 is 10.6 Å². The van der Waals surface area contributed by atoms with Crippen molar-refractivity contribution in [1.29, 1.82) is 0 Å². The SMILES string of the molecule is CC(NCC(=O)NC1CC1)c1ccc2c(c1)CCC2. The molecule has 19 heavy (non-hydrogen) atoms. The molecule has 1 aromatic rings. The first-order valence-electron chi connectivity index (χ1n) is 7.37. The molecule has 1 amide bonds. The number of amides is 1. The Morgan fingerprint density at radius 2 is 2.11 bits per heavy atom. The zero-order valence-electron chi connectivity index (χ0n) is 11.5. The molecule has 0 radical (unpaired) electrons. The van der Waals surface area contributed by atoms with Crippen molar-refractivity contribution in [2.45, 2.75) is 51.1 Å². The Bertz CT molecular complexity index is 480. The molecule has 102 valence electrons. The molecule has 2 aliphatic rings.